The van der Waals surface area contributed by atoms with Crippen LogP contribution < -0.4 is 0 Å². The van der Waals surface area contributed by atoms with Crippen molar-refractivity contribution >= 4 is 0 Å². The van der Waals surface area contributed by atoms with E-state index in [1.54, 1.807) is 0 Å². The molecular formula is C11H22O2. The van der Waals surface area contributed by atoms with E-state index in [1.165, 1.54) is 6.42 Å². The molecule has 1 saturated heterocycles. The lowest BCUT2D eigenvalue weighted by atomic mass is 9.86. The number of hydrogen-bond acceptors (Lipinski definition) is 2. The quantitative estimate of drug-likeness (QED) is 0.730. The Morgan fingerprint density at radius 1 is 1.38 bits per heavy atom. The molecule has 0 amide bonds. The minimum atomic E-state index is -0.415. The molecule has 1 aliphatic heterocycles. The maximum atomic E-state index is 10.1. The number of hydrogen-bond donors (Lipinski definition) is 1. The molecule has 1 N–H and O–H groups in total. The van der Waals surface area contributed by atoms with Crippen molar-refractivity contribution in [3.63, 3.8) is 0 Å². The van der Waals surface area contributed by atoms with Crippen LogP contribution in [0.2, 0.25) is 0 Å². The molecule has 78 valence electrons. The average Bonchev–Trinajstić information content (AvgIpc) is 2.15. The fourth-order valence-corrected chi connectivity index (χ4v) is 1.72. The Balaban J connectivity index is 2.24. The Morgan fingerprint density at radius 2 is 2.00 bits per heavy atom. The van der Waals surface area contributed by atoms with Gasteiger partial charge >= 0.3 is 0 Å². The smallest absolute Gasteiger partial charge is 0.0691 e. The summed E-state index contributed by atoms with van der Waals surface area (Å²) in [6.07, 6.45) is 4.96. The van der Waals surface area contributed by atoms with Gasteiger partial charge in [-0.2, -0.15) is 0 Å². The molecular weight excluding hydrogens is 164 g/mol. The maximum Gasteiger partial charge on any atom is 0.0691 e. The summed E-state index contributed by atoms with van der Waals surface area (Å²) in [7, 11) is 0. The van der Waals surface area contributed by atoms with E-state index >= 15 is 0 Å². The van der Waals surface area contributed by atoms with Gasteiger partial charge in [-0.25, -0.2) is 0 Å². The number of rotatable bonds is 4. The van der Waals surface area contributed by atoms with Gasteiger partial charge in [0.05, 0.1) is 5.60 Å². The summed E-state index contributed by atoms with van der Waals surface area (Å²) in [4.78, 5) is 0. The van der Waals surface area contributed by atoms with Crippen molar-refractivity contribution in [3.05, 3.63) is 0 Å². The van der Waals surface area contributed by atoms with Crippen LogP contribution in [0.25, 0.3) is 0 Å². The molecule has 2 heteroatoms. The van der Waals surface area contributed by atoms with Crippen LogP contribution in [0, 0.1) is 5.92 Å². The molecule has 1 atom stereocenters. The third-order valence-electron chi connectivity index (χ3n) is 3.22. The number of ether oxygens (including phenoxy) is 1. The average molecular weight is 186 g/mol. The zero-order valence-electron chi connectivity index (χ0n) is 8.88. The largest absolute Gasteiger partial charge is 0.390 e. The Labute approximate surface area is 81.3 Å². The predicted molar refractivity (Wildman–Crippen MR) is 53.7 cm³/mol. The van der Waals surface area contributed by atoms with Gasteiger partial charge in [-0.05, 0) is 31.6 Å². The highest BCUT2D eigenvalue weighted by molar-refractivity contribution is 4.81. The first-order chi connectivity index (χ1) is 6.16. The highest BCUT2D eigenvalue weighted by Crippen LogP contribution is 2.27. The molecule has 0 saturated carbocycles. The van der Waals surface area contributed by atoms with E-state index in [0.717, 1.165) is 44.8 Å². The van der Waals surface area contributed by atoms with E-state index in [9.17, 15) is 5.11 Å². The van der Waals surface area contributed by atoms with Gasteiger partial charge in [0, 0.05) is 13.2 Å². The summed E-state index contributed by atoms with van der Waals surface area (Å²) < 4.78 is 5.24. The second kappa shape index (κ2) is 4.97. The first kappa shape index (κ1) is 11.0. The molecule has 0 aliphatic carbocycles. The first-order valence-electron chi connectivity index (χ1n) is 5.46. The van der Waals surface area contributed by atoms with Crippen molar-refractivity contribution in [1.82, 2.24) is 0 Å². The highest BCUT2D eigenvalue weighted by Gasteiger charge is 2.29. The van der Waals surface area contributed by atoms with Gasteiger partial charge in [0.15, 0.2) is 0 Å². The molecule has 1 rings (SSSR count). The van der Waals surface area contributed by atoms with Crippen LogP contribution in [-0.4, -0.2) is 23.9 Å². The van der Waals surface area contributed by atoms with Gasteiger partial charge in [0.2, 0.25) is 0 Å². The van der Waals surface area contributed by atoms with Crippen LogP contribution in [0.3, 0.4) is 0 Å². The van der Waals surface area contributed by atoms with E-state index < -0.39 is 5.60 Å². The molecule has 0 radical (unpaired) electrons. The second-order valence-electron chi connectivity index (χ2n) is 4.39. The van der Waals surface area contributed by atoms with Crippen molar-refractivity contribution in [2.75, 3.05) is 13.2 Å². The Hall–Kier alpha value is -0.0800. The van der Waals surface area contributed by atoms with Crippen molar-refractivity contribution in [1.29, 1.82) is 0 Å². The second-order valence-corrected chi connectivity index (χ2v) is 4.39. The maximum absolute atomic E-state index is 10.1. The fourth-order valence-electron chi connectivity index (χ4n) is 1.72. The van der Waals surface area contributed by atoms with Gasteiger partial charge in [-0.15, -0.1) is 0 Å². The van der Waals surface area contributed by atoms with Crippen LogP contribution in [0.4, 0.5) is 0 Å². The predicted octanol–water partition coefficient (Wildman–Crippen LogP) is 2.35. The normalized spacial score (nSPS) is 24.2. The van der Waals surface area contributed by atoms with E-state index in [1.807, 2.05) is 0 Å². The zero-order chi connectivity index (χ0) is 9.73. The SMILES string of the molecule is CCC(C)CCC1(O)CCOCC1. The molecule has 1 heterocycles. The van der Waals surface area contributed by atoms with Crippen molar-refractivity contribution in [3.8, 4) is 0 Å². The summed E-state index contributed by atoms with van der Waals surface area (Å²) in [6, 6.07) is 0. The topological polar surface area (TPSA) is 29.5 Å². The third-order valence-corrected chi connectivity index (χ3v) is 3.22. The Bertz CT molecular complexity index is 139. The van der Waals surface area contributed by atoms with E-state index in [-0.39, 0.29) is 0 Å². The van der Waals surface area contributed by atoms with E-state index in [0.29, 0.717) is 0 Å². The van der Waals surface area contributed by atoms with E-state index in [2.05, 4.69) is 13.8 Å². The minimum absolute atomic E-state index is 0.415. The van der Waals surface area contributed by atoms with Crippen LogP contribution in [0.5, 0.6) is 0 Å². The summed E-state index contributed by atoms with van der Waals surface area (Å²) in [5, 5.41) is 10.1. The van der Waals surface area contributed by atoms with Crippen molar-refractivity contribution in [2.24, 2.45) is 5.92 Å². The standard InChI is InChI=1S/C11H22O2/c1-3-10(2)4-5-11(12)6-8-13-9-7-11/h10,12H,3-9H2,1-2H3. The zero-order valence-corrected chi connectivity index (χ0v) is 8.88. The Kier molecular flexibility index (Phi) is 4.20. The molecule has 1 aliphatic rings. The van der Waals surface area contributed by atoms with Gasteiger partial charge < -0.3 is 9.84 Å². The van der Waals surface area contributed by atoms with Gasteiger partial charge in [-0.3, -0.25) is 0 Å². The molecule has 2 nitrogen and oxygen atoms in total. The minimum Gasteiger partial charge on any atom is -0.390 e. The molecule has 0 spiro atoms. The lowest BCUT2D eigenvalue weighted by molar-refractivity contribution is -0.0705. The van der Waals surface area contributed by atoms with Gasteiger partial charge in [0.1, 0.15) is 0 Å². The van der Waals surface area contributed by atoms with Crippen LogP contribution in [0.15, 0.2) is 0 Å². The molecule has 0 aromatic heterocycles. The summed E-state index contributed by atoms with van der Waals surface area (Å²) in [6.45, 7) is 5.93. The van der Waals surface area contributed by atoms with Gasteiger partial charge in [-0.1, -0.05) is 20.3 Å². The fraction of sp³-hybridized carbons (Fsp3) is 1.00. The van der Waals surface area contributed by atoms with Crippen molar-refractivity contribution in [2.45, 2.75) is 51.6 Å². The monoisotopic (exact) mass is 186 g/mol. The summed E-state index contributed by atoms with van der Waals surface area (Å²) >= 11 is 0. The summed E-state index contributed by atoms with van der Waals surface area (Å²) in [5.41, 5.74) is -0.415. The molecule has 1 unspecified atom stereocenters. The molecule has 13 heavy (non-hydrogen) atoms. The first-order valence-corrected chi connectivity index (χ1v) is 5.46. The Morgan fingerprint density at radius 3 is 2.54 bits per heavy atom. The van der Waals surface area contributed by atoms with E-state index in [4.69, 9.17) is 4.74 Å². The highest BCUT2D eigenvalue weighted by atomic mass is 16.5. The lowest BCUT2D eigenvalue weighted by Gasteiger charge is -2.32. The van der Waals surface area contributed by atoms with Crippen LogP contribution >= 0.6 is 0 Å². The van der Waals surface area contributed by atoms with Gasteiger partial charge in [0.25, 0.3) is 0 Å². The lowest BCUT2D eigenvalue weighted by Crippen LogP contribution is -2.36. The third kappa shape index (κ3) is 3.65. The van der Waals surface area contributed by atoms with Crippen molar-refractivity contribution < 1.29 is 9.84 Å². The molecule has 0 aromatic rings. The van der Waals surface area contributed by atoms with Crippen LogP contribution in [-0.2, 0) is 4.74 Å². The molecule has 0 bridgehead atoms. The molecule has 0 aromatic carbocycles. The summed E-state index contributed by atoms with van der Waals surface area (Å²) in [5.74, 6) is 0.742. The van der Waals surface area contributed by atoms with Crippen LogP contribution in [0.1, 0.15) is 46.0 Å². The number of aliphatic hydroxyl groups is 1. The molecule has 1 fully saturated rings.